The molecular formula is C15H20Cl2N4OS. The Bertz CT molecular complexity index is 556. The molecule has 1 aromatic carbocycles. The van der Waals surface area contributed by atoms with Gasteiger partial charge in [-0.15, -0.1) is 0 Å². The molecule has 0 atom stereocenters. The highest BCUT2D eigenvalue weighted by atomic mass is 35.5. The molecule has 0 bridgehead atoms. The summed E-state index contributed by atoms with van der Waals surface area (Å²) in [5.41, 5.74) is 0.611. The van der Waals surface area contributed by atoms with E-state index in [4.69, 9.17) is 35.4 Å². The van der Waals surface area contributed by atoms with E-state index >= 15 is 0 Å². The predicted molar refractivity (Wildman–Crippen MR) is 99.4 cm³/mol. The summed E-state index contributed by atoms with van der Waals surface area (Å²) in [6.07, 6.45) is 0. The Balaban J connectivity index is 1.79. The molecule has 2 rings (SSSR count). The first-order chi connectivity index (χ1) is 11.0. The number of carbonyl (C=O) groups is 1. The number of thiocarbonyl (C=S) groups is 1. The van der Waals surface area contributed by atoms with Crippen LogP contribution in [-0.4, -0.2) is 60.1 Å². The van der Waals surface area contributed by atoms with Gasteiger partial charge in [-0.1, -0.05) is 23.2 Å². The molecule has 1 aliphatic heterocycles. The number of piperazine rings is 1. The number of rotatable bonds is 4. The van der Waals surface area contributed by atoms with Crippen molar-refractivity contribution in [2.45, 2.75) is 6.92 Å². The largest absolute Gasteiger partial charge is 0.363 e. The lowest BCUT2D eigenvalue weighted by Crippen LogP contribution is -2.52. The molecule has 126 valence electrons. The van der Waals surface area contributed by atoms with Gasteiger partial charge in [-0.05, 0) is 37.3 Å². The molecule has 0 radical (unpaired) electrons. The van der Waals surface area contributed by atoms with Gasteiger partial charge in [-0.2, -0.15) is 0 Å². The van der Waals surface area contributed by atoms with Crippen LogP contribution in [0.25, 0.3) is 0 Å². The van der Waals surface area contributed by atoms with E-state index in [0.717, 1.165) is 37.8 Å². The maximum absolute atomic E-state index is 12.1. The van der Waals surface area contributed by atoms with E-state index in [2.05, 4.69) is 20.4 Å². The van der Waals surface area contributed by atoms with Crippen LogP contribution in [0.5, 0.6) is 0 Å². The lowest BCUT2D eigenvalue weighted by molar-refractivity contribution is -0.117. The first-order valence-corrected chi connectivity index (χ1v) is 8.65. The first kappa shape index (κ1) is 18.3. The normalized spacial score (nSPS) is 15.3. The molecule has 1 saturated heterocycles. The van der Waals surface area contributed by atoms with Gasteiger partial charge in [-0.25, -0.2) is 0 Å². The SMILES string of the molecule is CCNC(=S)N1CCN(CC(=O)Nc2cc(Cl)cc(Cl)c2)CC1. The number of benzene rings is 1. The number of nitrogens with one attached hydrogen (secondary N) is 2. The number of nitrogens with zero attached hydrogens (tertiary/aromatic N) is 2. The van der Waals surface area contributed by atoms with E-state index in [9.17, 15) is 4.79 Å². The van der Waals surface area contributed by atoms with Crippen molar-refractivity contribution in [1.82, 2.24) is 15.1 Å². The average molecular weight is 375 g/mol. The smallest absolute Gasteiger partial charge is 0.238 e. The molecular weight excluding hydrogens is 355 g/mol. The van der Waals surface area contributed by atoms with Crippen LogP contribution in [0.3, 0.4) is 0 Å². The number of hydrogen-bond acceptors (Lipinski definition) is 3. The van der Waals surface area contributed by atoms with Gasteiger partial charge in [0, 0.05) is 48.5 Å². The van der Waals surface area contributed by atoms with Crippen molar-refractivity contribution in [2.75, 3.05) is 44.6 Å². The summed E-state index contributed by atoms with van der Waals surface area (Å²) >= 11 is 17.2. The highest BCUT2D eigenvalue weighted by molar-refractivity contribution is 7.80. The predicted octanol–water partition coefficient (Wildman–Crippen LogP) is 2.44. The Hall–Kier alpha value is -1.08. The topological polar surface area (TPSA) is 47.6 Å². The summed E-state index contributed by atoms with van der Waals surface area (Å²) in [7, 11) is 0. The molecule has 0 unspecified atom stereocenters. The Morgan fingerprint density at radius 3 is 2.35 bits per heavy atom. The highest BCUT2D eigenvalue weighted by Crippen LogP contribution is 2.22. The summed E-state index contributed by atoms with van der Waals surface area (Å²) in [4.78, 5) is 16.4. The lowest BCUT2D eigenvalue weighted by Gasteiger charge is -2.35. The molecule has 1 fully saturated rings. The molecule has 1 heterocycles. The van der Waals surface area contributed by atoms with Gasteiger partial charge in [-0.3, -0.25) is 9.69 Å². The van der Waals surface area contributed by atoms with E-state index in [1.54, 1.807) is 18.2 Å². The fraction of sp³-hybridized carbons (Fsp3) is 0.467. The maximum Gasteiger partial charge on any atom is 0.238 e. The van der Waals surface area contributed by atoms with Crippen molar-refractivity contribution in [1.29, 1.82) is 0 Å². The van der Waals surface area contributed by atoms with E-state index in [0.29, 0.717) is 22.3 Å². The van der Waals surface area contributed by atoms with Crippen molar-refractivity contribution in [2.24, 2.45) is 0 Å². The zero-order chi connectivity index (χ0) is 16.8. The van der Waals surface area contributed by atoms with Crippen LogP contribution in [0.1, 0.15) is 6.92 Å². The van der Waals surface area contributed by atoms with Gasteiger partial charge < -0.3 is 15.5 Å². The first-order valence-electron chi connectivity index (χ1n) is 7.49. The number of hydrogen-bond donors (Lipinski definition) is 2. The zero-order valence-corrected chi connectivity index (χ0v) is 15.3. The van der Waals surface area contributed by atoms with E-state index in [1.165, 1.54) is 0 Å². The Labute approximate surface area is 151 Å². The molecule has 23 heavy (non-hydrogen) atoms. The van der Waals surface area contributed by atoms with Crippen LogP contribution >= 0.6 is 35.4 Å². The molecule has 2 N–H and O–H groups in total. The molecule has 0 aliphatic carbocycles. The molecule has 0 aromatic heterocycles. The molecule has 8 heteroatoms. The van der Waals surface area contributed by atoms with Crippen molar-refractivity contribution >= 4 is 52.1 Å². The molecule has 0 saturated carbocycles. The lowest BCUT2D eigenvalue weighted by atomic mass is 10.3. The number of halogens is 2. The van der Waals surface area contributed by atoms with Gasteiger partial charge in [0.15, 0.2) is 5.11 Å². The Morgan fingerprint density at radius 1 is 1.17 bits per heavy atom. The average Bonchev–Trinajstić information content (AvgIpc) is 2.47. The van der Waals surface area contributed by atoms with Gasteiger partial charge in [0.2, 0.25) is 5.91 Å². The third kappa shape index (κ3) is 5.80. The van der Waals surface area contributed by atoms with Crippen LogP contribution in [0.15, 0.2) is 18.2 Å². The van der Waals surface area contributed by atoms with Crippen LogP contribution in [0.2, 0.25) is 10.0 Å². The Kier molecular flexibility index (Phi) is 6.89. The minimum atomic E-state index is -0.0777. The van der Waals surface area contributed by atoms with Crippen molar-refractivity contribution in [3.63, 3.8) is 0 Å². The fourth-order valence-electron chi connectivity index (χ4n) is 2.40. The Morgan fingerprint density at radius 2 is 1.78 bits per heavy atom. The fourth-order valence-corrected chi connectivity index (χ4v) is 3.25. The number of carbonyl (C=O) groups excluding carboxylic acids is 1. The van der Waals surface area contributed by atoms with Crippen molar-refractivity contribution in [3.8, 4) is 0 Å². The van der Waals surface area contributed by atoms with E-state index in [-0.39, 0.29) is 5.91 Å². The minimum Gasteiger partial charge on any atom is -0.363 e. The van der Waals surface area contributed by atoms with Gasteiger partial charge in [0.1, 0.15) is 0 Å². The van der Waals surface area contributed by atoms with E-state index < -0.39 is 0 Å². The molecule has 1 amide bonds. The summed E-state index contributed by atoms with van der Waals surface area (Å²) in [5, 5.41) is 7.75. The number of amides is 1. The second-order valence-electron chi connectivity index (χ2n) is 5.30. The van der Waals surface area contributed by atoms with Gasteiger partial charge in [0.05, 0.1) is 6.54 Å². The van der Waals surface area contributed by atoms with Crippen LogP contribution in [0.4, 0.5) is 5.69 Å². The van der Waals surface area contributed by atoms with Crippen molar-refractivity contribution < 1.29 is 4.79 Å². The second-order valence-corrected chi connectivity index (χ2v) is 6.56. The second kappa shape index (κ2) is 8.68. The third-order valence-electron chi connectivity index (χ3n) is 3.50. The van der Waals surface area contributed by atoms with Crippen LogP contribution in [0, 0.1) is 0 Å². The zero-order valence-electron chi connectivity index (χ0n) is 12.9. The summed E-state index contributed by atoms with van der Waals surface area (Å²) in [6.45, 7) is 6.43. The van der Waals surface area contributed by atoms with Crippen LogP contribution in [-0.2, 0) is 4.79 Å². The highest BCUT2D eigenvalue weighted by Gasteiger charge is 2.20. The summed E-state index contributed by atoms with van der Waals surface area (Å²) < 4.78 is 0. The van der Waals surface area contributed by atoms with Gasteiger partial charge >= 0.3 is 0 Å². The molecule has 0 spiro atoms. The summed E-state index contributed by atoms with van der Waals surface area (Å²) in [5.74, 6) is -0.0777. The number of anilines is 1. The summed E-state index contributed by atoms with van der Waals surface area (Å²) in [6, 6.07) is 4.99. The minimum absolute atomic E-state index is 0.0777. The monoisotopic (exact) mass is 374 g/mol. The van der Waals surface area contributed by atoms with Crippen LogP contribution < -0.4 is 10.6 Å². The van der Waals surface area contributed by atoms with Crippen molar-refractivity contribution in [3.05, 3.63) is 28.2 Å². The quantitative estimate of drug-likeness (QED) is 0.792. The standard InChI is InChI=1S/C15H20Cl2N4OS/c1-2-18-15(23)21-5-3-20(4-6-21)10-14(22)19-13-8-11(16)7-12(17)9-13/h7-9H,2-6,10H2,1H3,(H,18,23)(H,19,22). The molecule has 1 aromatic rings. The van der Waals surface area contributed by atoms with E-state index in [1.807, 2.05) is 6.92 Å². The molecule has 1 aliphatic rings. The molecule has 5 nitrogen and oxygen atoms in total. The maximum atomic E-state index is 12.1. The third-order valence-corrected chi connectivity index (χ3v) is 4.34. The van der Waals surface area contributed by atoms with Gasteiger partial charge in [0.25, 0.3) is 0 Å².